The van der Waals surface area contributed by atoms with Gasteiger partial charge in [-0.05, 0) is 26.7 Å². The van der Waals surface area contributed by atoms with Crippen LogP contribution in [0.4, 0.5) is 57.1 Å². The van der Waals surface area contributed by atoms with Gasteiger partial charge in [0.05, 0.1) is 110 Å². The molecule has 0 aliphatic carbocycles. The smallest absolute Gasteiger partial charge is 0.460 e. The Hall–Kier alpha value is -2.25. The highest BCUT2D eigenvalue weighted by Gasteiger charge is 2.90. The number of carbonyl (C=O) groups excluding carboxylic acids is 2. The van der Waals surface area contributed by atoms with Gasteiger partial charge in [-0.15, -0.1) is 0 Å². The van der Waals surface area contributed by atoms with Crippen molar-refractivity contribution in [3.8, 4) is 0 Å². The molecule has 0 saturated heterocycles. The summed E-state index contributed by atoms with van der Waals surface area (Å²) in [4.78, 5) is 22.9. The summed E-state index contributed by atoms with van der Waals surface area (Å²) in [5, 5.41) is 0. The SMILES string of the molecule is CCC(C)(C)C(=O)OCCC(F)(F)C(F)(F)C(F)(F)C(F)(F)C(F)(F)C(F)(F)F.CCC(C)C(=O)OCCOCCOCCOCCOCCOCCOCCOC. The van der Waals surface area contributed by atoms with Crippen molar-refractivity contribution in [3.05, 3.63) is 0 Å². The number of methoxy groups -OCH3 is 1. The number of ether oxygens (including phenoxy) is 9. The second-order valence-corrected chi connectivity index (χ2v) is 12.8. The first kappa shape index (κ1) is 57.8. The van der Waals surface area contributed by atoms with E-state index in [1.165, 1.54) is 20.8 Å². The Labute approximate surface area is 328 Å². The third kappa shape index (κ3) is 19.4. The minimum absolute atomic E-state index is 0.0508. The number of alkyl halides is 13. The van der Waals surface area contributed by atoms with Crippen molar-refractivity contribution in [1.29, 1.82) is 0 Å². The van der Waals surface area contributed by atoms with Gasteiger partial charge in [0.25, 0.3) is 0 Å². The Balaban J connectivity index is 0. The van der Waals surface area contributed by atoms with Crippen LogP contribution in [-0.2, 0) is 52.2 Å². The van der Waals surface area contributed by atoms with Crippen molar-refractivity contribution in [3.63, 3.8) is 0 Å². The monoisotopic (exact) mass is 886 g/mol. The van der Waals surface area contributed by atoms with E-state index in [0.717, 1.165) is 6.42 Å². The van der Waals surface area contributed by atoms with Crippen molar-refractivity contribution >= 4 is 11.9 Å². The molecule has 0 bridgehead atoms. The average Bonchev–Trinajstić information content (AvgIpc) is 3.14. The maximum atomic E-state index is 13.5. The van der Waals surface area contributed by atoms with Crippen LogP contribution in [0.3, 0.4) is 0 Å². The third-order valence-corrected chi connectivity index (χ3v) is 7.86. The average molecular weight is 887 g/mol. The molecule has 0 fully saturated rings. The van der Waals surface area contributed by atoms with Gasteiger partial charge in [0.2, 0.25) is 0 Å². The normalized spacial score (nSPS) is 13.8. The minimum Gasteiger partial charge on any atom is -0.465 e. The fourth-order valence-electron chi connectivity index (χ4n) is 3.42. The molecule has 0 aromatic heterocycles. The van der Waals surface area contributed by atoms with E-state index in [2.05, 4.69) is 4.74 Å². The summed E-state index contributed by atoms with van der Waals surface area (Å²) in [5.74, 6) is -38.7. The molecule has 1 unspecified atom stereocenters. The molecule has 24 heteroatoms. The molecule has 348 valence electrons. The number of hydrogen-bond acceptors (Lipinski definition) is 11. The molecule has 0 radical (unpaired) electrons. The van der Waals surface area contributed by atoms with Crippen molar-refractivity contribution in [1.82, 2.24) is 0 Å². The summed E-state index contributed by atoms with van der Waals surface area (Å²) in [6.45, 7) is 12.9. The lowest BCUT2D eigenvalue weighted by Crippen LogP contribution is -2.70. The largest absolute Gasteiger partial charge is 0.465 e. The van der Waals surface area contributed by atoms with Crippen molar-refractivity contribution in [2.45, 2.75) is 89.7 Å². The number of rotatable bonds is 32. The van der Waals surface area contributed by atoms with E-state index in [9.17, 15) is 66.7 Å². The van der Waals surface area contributed by atoms with Crippen LogP contribution in [0.1, 0.15) is 53.9 Å². The van der Waals surface area contributed by atoms with E-state index >= 15 is 0 Å². The number of carbonyl (C=O) groups is 2. The van der Waals surface area contributed by atoms with Crippen molar-refractivity contribution < 1.29 is 109 Å². The predicted molar refractivity (Wildman–Crippen MR) is 178 cm³/mol. The Bertz CT molecular complexity index is 1110. The summed E-state index contributed by atoms with van der Waals surface area (Å²) < 4.78 is 214. The molecule has 0 aromatic carbocycles. The van der Waals surface area contributed by atoms with Crippen LogP contribution >= 0.6 is 0 Å². The van der Waals surface area contributed by atoms with Gasteiger partial charge in [-0.25, -0.2) is 0 Å². The summed E-state index contributed by atoms with van der Waals surface area (Å²) >= 11 is 0. The molecule has 11 nitrogen and oxygen atoms in total. The van der Waals surface area contributed by atoms with Crippen molar-refractivity contribution in [2.75, 3.05) is 106 Å². The number of halogens is 13. The van der Waals surface area contributed by atoms with Crippen LogP contribution in [0.15, 0.2) is 0 Å². The molecule has 0 rings (SSSR count). The molecule has 1 atom stereocenters. The zero-order chi connectivity index (χ0) is 45.3. The Morgan fingerprint density at radius 1 is 0.483 bits per heavy atom. The minimum atomic E-state index is -7.94. The first-order valence-electron chi connectivity index (χ1n) is 17.9. The second-order valence-electron chi connectivity index (χ2n) is 12.8. The lowest BCUT2D eigenvalue weighted by atomic mass is 9.90. The van der Waals surface area contributed by atoms with Gasteiger partial charge in [-0.3, -0.25) is 9.59 Å². The molecule has 58 heavy (non-hydrogen) atoms. The van der Waals surface area contributed by atoms with E-state index < -0.39 is 60.2 Å². The van der Waals surface area contributed by atoms with Crippen LogP contribution < -0.4 is 0 Å². The highest BCUT2D eigenvalue weighted by molar-refractivity contribution is 5.75. The van der Waals surface area contributed by atoms with E-state index in [0.29, 0.717) is 85.9 Å². The summed E-state index contributed by atoms with van der Waals surface area (Å²) in [5.41, 5.74) is -1.33. The van der Waals surface area contributed by atoms with Gasteiger partial charge in [-0.2, -0.15) is 57.1 Å². The highest BCUT2D eigenvalue weighted by Crippen LogP contribution is 2.60. The molecule has 0 amide bonds. The first-order chi connectivity index (χ1) is 26.7. The number of esters is 2. The zero-order valence-corrected chi connectivity index (χ0v) is 33.2. The zero-order valence-electron chi connectivity index (χ0n) is 33.2. The molecule has 0 N–H and O–H groups in total. The molecular formula is C34H55F13O11. The maximum Gasteiger partial charge on any atom is 0.460 e. The fourth-order valence-corrected chi connectivity index (χ4v) is 3.42. The molecule has 0 saturated carbocycles. The van der Waals surface area contributed by atoms with Gasteiger partial charge >= 0.3 is 47.7 Å². The Kier molecular flexibility index (Phi) is 27.5. The number of hydrogen-bond donors (Lipinski definition) is 0. The second kappa shape index (κ2) is 27.6. The van der Waals surface area contributed by atoms with Gasteiger partial charge in [0.1, 0.15) is 6.61 Å². The predicted octanol–water partition coefficient (Wildman–Crippen LogP) is 7.42. The topological polar surface area (TPSA) is 117 Å². The van der Waals surface area contributed by atoms with Crippen LogP contribution in [0.2, 0.25) is 0 Å². The molecule has 0 aliphatic heterocycles. The fraction of sp³-hybridized carbons (Fsp3) is 0.941. The molecule has 0 aliphatic rings. The van der Waals surface area contributed by atoms with E-state index in [4.69, 9.17) is 37.9 Å². The van der Waals surface area contributed by atoms with E-state index in [1.54, 1.807) is 7.11 Å². The van der Waals surface area contributed by atoms with Gasteiger partial charge in [-0.1, -0.05) is 20.8 Å². The molecule has 0 heterocycles. The highest BCUT2D eigenvalue weighted by atomic mass is 19.4. The lowest BCUT2D eigenvalue weighted by Gasteiger charge is -2.39. The first-order valence-corrected chi connectivity index (χ1v) is 17.9. The van der Waals surface area contributed by atoms with Crippen LogP contribution in [-0.4, -0.2) is 154 Å². The van der Waals surface area contributed by atoms with Crippen molar-refractivity contribution in [2.24, 2.45) is 11.3 Å². The quantitative estimate of drug-likeness (QED) is 0.0382. The van der Waals surface area contributed by atoms with Crippen LogP contribution in [0.25, 0.3) is 0 Å². The van der Waals surface area contributed by atoms with Gasteiger partial charge < -0.3 is 42.6 Å². The Morgan fingerprint density at radius 2 is 0.828 bits per heavy atom. The molecule has 0 aromatic rings. The summed E-state index contributed by atoms with van der Waals surface area (Å²) in [6, 6.07) is 0. The third-order valence-electron chi connectivity index (χ3n) is 7.86. The maximum absolute atomic E-state index is 13.5. The van der Waals surface area contributed by atoms with Gasteiger partial charge in [0, 0.05) is 7.11 Å². The summed E-state index contributed by atoms with van der Waals surface area (Å²) in [6.07, 6.45) is -9.18. The van der Waals surface area contributed by atoms with Crippen LogP contribution in [0.5, 0.6) is 0 Å². The van der Waals surface area contributed by atoms with Crippen LogP contribution in [0, 0.1) is 11.3 Å². The lowest BCUT2D eigenvalue weighted by molar-refractivity contribution is -0.440. The molecular weight excluding hydrogens is 831 g/mol. The van der Waals surface area contributed by atoms with Gasteiger partial charge in [0.15, 0.2) is 0 Å². The standard InChI is InChI=1S/C20H40O9.C14H15F13O2/c1-4-19(2)20(21)29-18-17-28-16-15-27-14-13-26-12-11-25-10-9-24-8-7-23-6-5-22-3;1-4-8(2,3)7(28)29-6-5-9(15,16)10(17,18)11(19,20)12(21,22)13(23,24)14(25,26)27/h19H,4-18H2,1-3H3;4-6H2,1-3H3. The van der Waals surface area contributed by atoms with E-state index in [1.807, 2.05) is 13.8 Å². The Morgan fingerprint density at radius 3 is 1.16 bits per heavy atom. The van der Waals surface area contributed by atoms with E-state index in [-0.39, 0.29) is 24.9 Å². The molecule has 0 spiro atoms. The summed E-state index contributed by atoms with van der Waals surface area (Å²) in [7, 11) is 1.64.